The third-order valence-electron chi connectivity index (χ3n) is 3.97. The van der Waals surface area contributed by atoms with Gasteiger partial charge < -0.3 is 20.3 Å². The maximum absolute atomic E-state index is 12.1. The van der Waals surface area contributed by atoms with Gasteiger partial charge in [-0.05, 0) is 42.4 Å². The molecule has 3 rings (SSSR count). The molecular weight excluding hydrogens is 310 g/mol. The number of hydrogen-bond acceptors (Lipinski definition) is 5. The molecule has 1 saturated heterocycles. The summed E-state index contributed by atoms with van der Waals surface area (Å²) in [5.41, 5.74) is 1.81. The first-order valence-corrected chi connectivity index (χ1v) is 7.94. The zero-order valence-electron chi connectivity index (χ0n) is 13.2. The van der Waals surface area contributed by atoms with Gasteiger partial charge in [0.2, 0.25) is 5.91 Å². The van der Waals surface area contributed by atoms with Gasteiger partial charge in [0.25, 0.3) is 0 Å². The highest BCUT2D eigenvalue weighted by Gasteiger charge is 2.14. The molecule has 8 nitrogen and oxygen atoms in total. The lowest BCUT2D eigenvalue weighted by atomic mass is 10.1. The van der Waals surface area contributed by atoms with Gasteiger partial charge in [0.15, 0.2) is 0 Å². The second-order valence-corrected chi connectivity index (χ2v) is 5.77. The Morgan fingerprint density at radius 2 is 2.04 bits per heavy atom. The Morgan fingerprint density at radius 1 is 1.25 bits per heavy atom. The molecule has 0 atom stereocenters. The maximum atomic E-state index is 12.1. The Balaban J connectivity index is 1.62. The van der Waals surface area contributed by atoms with E-state index in [1.807, 2.05) is 24.3 Å². The Labute approximate surface area is 139 Å². The highest BCUT2D eigenvalue weighted by atomic mass is 16.6. The number of nitrogens with zero attached hydrogens (tertiary/aromatic N) is 4. The van der Waals surface area contributed by atoms with Gasteiger partial charge in [0, 0.05) is 24.5 Å². The molecule has 2 heterocycles. The molecule has 1 aromatic carbocycles. The molecule has 1 aromatic heterocycles. The van der Waals surface area contributed by atoms with Crippen LogP contribution in [-0.2, 0) is 11.3 Å². The van der Waals surface area contributed by atoms with E-state index in [1.165, 1.54) is 36.2 Å². The summed E-state index contributed by atoms with van der Waals surface area (Å²) in [6.45, 7) is 2.00. The summed E-state index contributed by atoms with van der Waals surface area (Å²) < 4.78 is 1.25. The van der Waals surface area contributed by atoms with Gasteiger partial charge >= 0.3 is 5.82 Å². The quantitative estimate of drug-likeness (QED) is 0.671. The van der Waals surface area contributed by atoms with Gasteiger partial charge in [-0.3, -0.25) is 4.79 Å². The van der Waals surface area contributed by atoms with Crippen molar-refractivity contribution in [2.24, 2.45) is 0 Å². The average molecular weight is 329 g/mol. The van der Waals surface area contributed by atoms with E-state index in [0.29, 0.717) is 5.69 Å². The zero-order valence-corrected chi connectivity index (χ0v) is 13.2. The van der Waals surface area contributed by atoms with Crippen LogP contribution in [0.1, 0.15) is 19.3 Å². The van der Waals surface area contributed by atoms with E-state index >= 15 is 0 Å². The van der Waals surface area contributed by atoms with Gasteiger partial charge in [0.1, 0.15) is 6.54 Å². The molecule has 0 unspecified atom stereocenters. The number of benzene rings is 1. The minimum Gasteiger partial charge on any atom is -0.371 e. The molecule has 0 radical (unpaired) electrons. The van der Waals surface area contributed by atoms with Crippen molar-refractivity contribution < 1.29 is 9.72 Å². The lowest BCUT2D eigenvalue weighted by molar-refractivity contribution is -0.389. The Hall–Kier alpha value is -2.90. The monoisotopic (exact) mass is 329 g/mol. The molecule has 0 aliphatic carbocycles. The predicted octanol–water partition coefficient (Wildman–Crippen LogP) is 2.42. The van der Waals surface area contributed by atoms with E-state index in [9.17, 15) is 14.9 Å². The molecule has 1 aliphatic heterocycles. The fourth-order valence-electron chi connectivity index (χ4n) is 2.82. The van der Waals surface area contributed by atoms with Crippen LogP contribution < -0.4 is 10.2 Å². The van der Waals surface area contributed by atoms with Crippen LogP contribution in [-0.4, -0.2) is 33.7 Å². The largest absolute Gasteiger partial charge is 0.389 e. The molecule has 24 heavy (non-hydrogen) atoms. The van der Waals surface area contributed by atoms with Crippen LogP contribution in [0.2, 0.25) is 0 Å². The molecule has 8 heteroatoms. The van der Waals surface area contributed by atoms with Crippen LogP contribution in [0.15, 0.2) is 36.5 Å². The fourth-order valence-corrected chi connectivity index (χ4v) is 2.82. The molecule has 1 aliphatic rings. The van der Waals surface area contributed by atoms with Gasteiger partial charge in [-0.2, -0.15) is 4.68 Å². The van der Waals surface area contributed by atoms with Crippen molar-refractivity contribution in [3.63, 3.8) is 0 Å². The number of rotatable bonds is 5. The van der Waals surface area contributed by atoms with E-state index in [4.69, 9.17) is 0 Å². The van der Waals surface area contributed by atoms with Crippen LogP contribution in [0.4, 0.5) is 17.2 Å². The second-order valence-electron chi connectivity index (χ2n) is 5.77. The highest BCUT2D eigenvalue weighted by Crippen LogP contribution is 2.23. The van der Waals surface area contributed by atoms with Crippen LogP contribution in [0.5, 0.6) is 0 Å². The summed E-state index contributed by atoms with van der Waals surface area (Å²) in [6.07, 6.45) is 5.06. The summed E-state index contributed by atoms with van der Waals surface area (Å²) in [5.74, 6) is -0.543. The van der Waals surface area contributed by atoms with Crippen molar-refractivity contribution in [3.8, 4) is 0 Å². The lowest BCUT2D eigenvalue weighted by Gasteiger charge is -2.29. The molecule has 0 bridgehead atoms. The normalized spacial score (nSPS) is 14.4. The first-order valence-electron chi connectivity index (χ1n) is 7.94. The number of carbonyl (C=O) groups is 1. The molecule has 1 amide bonds. The third kappa shape index (κ3) is 3.89. The van der Waals surface area contributed by atoms with E-state index in [-0.39, 0.29) is 18.3 Å². The predicted molar refractivity (Wildman–Crippen MR) is 90.0 cm³/mol. The van der Waals surface area contributed by atoms with Gasteiger partial charge in [0.05, 0.1) is 17.4 Å². The number of nitrogens with one attached hydrogen (secondary N) is 1. The van der Waals surface area contributed by atoms with Crippen LogP contribution >= 0.6 is 0 Å². The number of aromatic nitrogens is 2. The molecule has 0 spiro atoms. The highest BCUT2D eigenvalue weighted by molar-refractivity contribution is 5.91. The van der Waals surface area contributed by atoms with Gasteiger partial charge in [-0.25, -0.2) is 0 Å². The molecule has 126 valence electrons. The van der Waals surface area contributed by atoms with Crippen molar-refractivity contribution in [2.75, 3.05) is 23.3 Å². The average Bonchev–Trinajstić information content (AvgIpc) is 3.04. The summed E-state index contributed by atoms with van der Waals surface area (Å²) in [7, 11) is 0. The smallest absolute Gasteiger partial charge is 0.371 e. The minimum absolute atomic E-state index is 0.0677. The summed E-state index contributed by atoms with van der Waals surface area (Å²) in [5, 5.41) is 17.1. The van der Waals surface area contributed by atoms with Gasteiger partial charge in [-0.15, -0.1) is 0 Å². The molecule has 2 aromatic rings. The van der Waals surface area contributed by atoms with E-state index in [0.717, 1.165) is 18.8 Å². The fraction of sp³-hybridized carbons (Fsp3) is 0.375. The topological polar surface area (TPSA) is 93.3 Å². The first kappa shape index (κ1) is 16.0. The molecule has 1 fully saturated rings. The number of nitro groups is 1. The first-order chi connectivity index (χ1) is 11.6. The number of piperidine rings is 1. The standard InChI is InChI=1S/C16H19N5O3/c22-16(12-20-10-7-15(18-20)21(23)24)17-13-5-4-6-14(11-13)19-8-2-1-3-9-19/h4-7,10-11H,1-3,8-9,12H2,(H,17,22). The summed E-state index contributed by atoms with van der Waals surface area (Å²) >= 11 is 0. The third-order valence-corrected chi connectivity index (χ3v) is 3.97. The minimum atomic E-state index is -0.587. The van der Waals surface area contributed by atoms with E-state index in [1.54, 1.807) is 0 Å². The van der Waals surface area contributed by atoms with Crippen LogP contribution in [0.25, 0.3) is 0 Å². The van der Waals surface area contributed by atoms with Crippen molar-refractivity contribution in [1.29, 1.82) is 0 Å². The van der Waals surface area contributed by atoms with E-state index < -0.39 is 4.92 Å². The number of carbonyl (C=O) groups excluding carboxylic acids is 1. The summed E-state index contributed by atoms with van der Waals surface area (Å²) in [4.78, 5) is 24.4. The van der Waals surface area contributed by atoms with Crippen molar-refractivity contribution in [2.45, 2.75) is 25.8 Å². The van der Waals surface area contributed by atoms with Crippen molar-refractivity contribution >= 4 is 23.1 Å². The van der Waals surface area contributed by atoms with Crippen LogP contribution in [0, 0.1) is 10.1 Å². The van der Waals surface area contributed by atoms with Crippen LogP contribution in [0.3, 0.4) is 0 Å². The zero-order chi connectivity index (χ0) is 16.9. The van der Waals surface area contributed by atoms with Gasteiger partial charge in [-0.1, -0.05) is 6.07 Å². The number of amides is 1. The number of anilines is 2. The van der Waals surface area contributed by atoms with Crippen molar-refractivity contribution in [3.05, 3.63) is 46.6 Å². The van der Waals surface area contributed by atoms with E-state index in [2.05, 4.69) is 15.3 Å². The summed E-state index contributed by atoms with van der Waals surface area (Å²) in [6, 6.07) is 9.01. The Morgan fingerprint density at radius 3 is 2.75 bits per heavy atom. The maximum Gasteiger partial charge on any atom is 0.389 e. The molecular formula is C16H19N5O3. The lowest BCUT2D eigenvalue weighted by Crippen LogP contribution is -2.29. The Kier molecular flexibility index (Phi) is 4.74. The number of hydrogen-bond donors (Lipinski definition) is 1. The second kappa shape index (κ2) is 7.12. The molecule has 0 saturated carbocycles. The SMILES string of the molecule is O=C(Cn1ccc([N+](=O)[O-])n1)Nc1cccc(N2CCCCC2)c1. The molecule has 1 N–H and O–H groups in total. The Bertz CT molecular complexity index is 737. The van der Waals surface area contributed by atoms with Crippen molar-refractivity contribution in [1.82, 2.24) is 9.78 Å².